The molecule has 0 aliphatic carbocycles. The predicted octanol–water partition coefficient (Wildman–Crippen LogP) is -4.34. The van der Waals surface area contributed by atoms with E-state index in [-0.39, 0.29) is 19.0 Å². The third-order valence-electron chi connectivity index (χ3n) is 4.40. The van der Waals surface area contributed by atoms with Crippen LogP contribution in [-0.2, 0) is 13.8 Å². The fraction of sp³-hybridized carbons (Fsp3) is 0.789. The number of likely N-dealkylation sites (N-methyl/N-ethyl adjacent to an activating group) is 2. The SMILES string of the molecule is C[N+](C)(C)CCO.C[N+](C)(C)CCO.Nc1ccn([C@@H]2O[C@H](COP(=O)([O-])[O-])[C@@H](O)[C@H]2O)c(=O)n1. The molecule has 2 heterocycles. The van der Waals surface area contributed by atoms with Crippen LogP contribution in [0.25, 0.3) is 0 Å². The number of anilines is 1. The normalized spacial score (nSPS) is 22.6. The molecule has 0 saturated carbocycles. The van der Waals surface area contributed by atoms with Crippen LogP contribution in [0, 0.1) is 0 Å². The number of aromatic nitrogens is 2. The summed E-state index contributed by atoms with van der Waals surface area (Å²) in [7, 11) is 7.07. The monoisotopic (exact) mass is 529 g/mol. The Hall–Kier alpha value is -1.49. The fourth-order valence-electron chi connectivity index (χ4n) is 2.48. The van der Waals surface area contributed by atoms with Crippen molar-refractivity contribution in [2.75, 3.05) is 80.9 Å². The highest BCUT2D eigenvalue weighted by Gasteiger charge is 2.44. The molecular weight excluding hydrogens is 489 g/mol. The van der Waals surface area contributed by atoms with Crippen molar-refractivity contribution in [3.05, 3.63) is 22.7 Å². The Labute approximate surface area is 205 Å². The lowest BCUT2D eigenvalue weighted by Crippen LogP contribution is -2.36. The van der Waals surface area contributed by atoms with E-state index in [4.69, 9.17) is 20.7 Å². The lowest BCUT2D eigenvalue weighted by Gasteiger charge is -2.30. The highest BCUT2D eigenvalue weighted by Crippen LogP contribution is 2.32. The molecule has 1 saturated heterocycles. The van der Waals surface area contributed by atoms with Crippen LogP contribution < -0.4 is 21.2 Å². The molecule has 0 amide bonds. The molecule has 0 bridgehead atoms. The number of phosphoric ester groups is 1. The van der Waals surface area contributed by atoms with Gasteiger partial charge in [0.1, 0.15) is 37.2 Å². The van der Waals surface area contributed by atoms with E-state index in [1.807, 2.05) is 0 Å². The maximum Gasteiger partial charge on any atom is 0.351 e. The van der Waals surface area contributed by atoms with E-state index in [1.54, 1.807) is 0 Å². The fourth-order valence-corrected chi connectivity index (χ4v) is 2.81. The molecular formula is C19H40N5O10P. The molecule has 0 unspecified atom stereocenters. The van der Waals surface area contributed by atoms with E-state index in [9.17, 15) is 29.4 Å². The molecule has 16 heteroatoms. The summed E-state index contributed by atoms with van der Waals surface area (Å²) < 4.78 is 22.1. The molecule has 1 fully saturated rings. The zero-order valence-electron chi connectivity index (χ0n) is 21.1. The van der Waals surface area contributed by atoms with E-state index in [1.165, 1.54) is 12.3 Å². The summed E-state index contributed by atoms with van der Waals surface area (Å²) in [5.41, 5.74) is 4.49. The topological polar surface area (TPSA) is 223 Å². The van der Waals surface area contributed by atoms with Gasteiger partial charge in [0.05, 0.1) is 69.9 Å². The molecule has 35 heavy (non-hydrogen) atoms. The summed E-state index contributed by atoms with van der Waals surface area (Å²) in [5, 5.41) is 36.3. The number of aliphatic hydroxyl groups is 4. The van der Waals surface area contributed by atoms with E-state index in [0.717, 1.165) is 26.6 Å². The zero-order chi connectivity index (χ0) is 27.6. The van der Waals surface area contributed by atoms with Crippen LogP contribution in [0.15, 0.2) is 17.1 Å². The van der Waals surface area contributed by atoms with Gasteiger partial charge in [0.2, 0.25) is 0 Å². The average Bonchev–Trinajstić information content (AvgIpc) is 2.93. The lowest BCUT2D eigenvalue weighted by atomic mass is 10.1. The van der Waals surface area contributed by atoms with Crippen molar-refractivity contribution in [2.24, 2.45) is 0 Å². The van der Waals surface area contributed by atoms with Gasteiger partial charge in [-0.15, -0.1) is 0 Å². The number of nitrogens with two attached hydrogens (primary N) is 1. The molecule has 0 radical (unpaired) electrons. The molecule has 0 aromatic carbocycles. The Balaban J connectivity index is 0.000000680. The van der Waals surface area contributed by atoms with Crippen LogP contribution in [0.2, 0.25) is 0 Å². The quantitative estimate of drug-likeness (QED) is 0.159. The van der Waals surface area contributed by atoms with Crippen molar-refractivity contribution in [3.8, 4) is 0 Å². The molecule has 6 N–H and O–H groups in total. The van der Waals surface area contributed by atoms with Gasteiger partial charge in [-0.05, 0) is 6.07 Å². The van der Waals surface area contributed by atoms with Crippen LogP contribution in [0.3, 0.4) is 0 Å². The number of hydrogen-bond donors (Lipinski definition) is 5. The Morgan fingerprint density at radius 2 is 1.57 bits per heavy atom. The second-order valence-corrected chi connectivity index (χ2v) is 11.0. The van der Waals surface area contributed by atoms with Crippen LogP contribution in [-0.4, -0.2) is 132 Å². The van der Waals surface area contributed by atoms with Crippen molar-refractivity contribution in [1.82, 2.24) is 9.55 Å². The Kier molecular flexibility index (Phi) is 13.7. The van der Waals surface area contributed by atoms with Crippen molar-refractivity contribution < 1.29 is 53.0 Å². The molecule has 206 valence electrons. The van der Waals surface area contributed by atoms with Gasteiger partial charge in [0.25, 0.3) is 0 Å². The van der Waals surface area contributed by atoms with Gasteiger partial charge in [-0.25, -0.2) is 4.79 Å². The van der Waals surface area contributed by atoms with Crippen LogP contribution >= 0.6 is 7.82 Å². The number of phosphoric acid groups is 1. The van der Waals surface area contributed by atoms with Gasteiger partial charge in [0, 0.05) is 6.20 Å². The van der Waals surface area contributed by atoms with Gasteiger partial charge < -0.3 is 58.7 Å². The highest BCUT2D eigenvalue weighted by atomic mass is 31.2. The minimum absolute atomic E-state index is 0.0391. The maximum absolute atomic E-state index is 11.6. The third kappa shape index (κ3) is 14.6. The first-order chi connectivity index (χ1) is 15.8. The average molecular weight is 530 g/mol. The zero-order valence-corrected chi connectivity index (χ0v) is 21.9. The molecule has 15 nitrogen and oxygen atoms in total. The third-order valence-corrected chi connectivity index (χ3v) is 4.87. The van der Waals surface area contributed by atoms with Crippen molar-refractivity contribution in [1.29, 1.82) is 0 Å². The predicted molar refractivity (Wildman–Crippen MR) is 122 cm³/mol. The Morgan fingerprint density at radius 3 is 1.91 bits per heavy atom. The number of ether oxygens (including phenoxy) is 1. The van der Waals surface area contributed by atoms with Crippen molar-refractivity contribution in [2.45, 2.75) is 24.5 Å². The summed E-state index contributed by atoms with van der Waals surface area (Å²) in [4.78, 5) is 35.8. The highest BCUT2D eigenvalue weighted by molar-refractivity contribution is 7.43. The standard InChI is InChI=1S/C9H14N3O8P.2C5H14NO/c10-5-1-2-12(9(15)11-5)8-7(14)6(13)4(20-8)3-19-21(16,17)18;2*1-6(2,3)4-5-7/h1-2,4,6-8,13-14H,3H2,(H2,10,11,15)(H2,16,17,18);2*7H,4-5H2,1-3H3/q;2*+1/p-2/t4-,6-,7-,8-;;/m1../s1. The largest absolute Gasteiger partial charge is 0.790 e. The molecule has 1 aliphatic rings. The minimum Gasteiger partial charge on any atom is -0.790 e. The molecule has 2 rings (SSSR count). The first-order valence-corrected chi connectivity index (χ1v) is 12.1. The second kappa shape index (κ2) is 14.3. The maximum atomic E-state index is 11.6. The minimum atomic E-state index is -5.24. The molecule has 0 spiro atoms. The molecule has 4 atom stereocenters. The van der Waals surface area contributed by atoms with E-state index in [0.29, 0.717) is 0 Å². The first-order valence-electron chi connectivity index (χ1n) is 10.7. The number of quaternary nitrogens is 2. The summed E-state index contributed by atoms with van der Waals surface area (Å²) in [6.45, 7) is 1.45. The molecule has 1 aliphatic heterocycles. The number of rotatable bonds is 8. The van der Waals surface area contributed by atoms with Gasteiger partial charge in [-0.3, -0.25) is 4.57 Å². The van der Waals surface area contributed by atoms with Gasteiger partial charge >= 0.3 is 5.69 Å². The first kappa shape index (κ1) is 33.5. The number of nitrogen functional groups attached to an aromatic ring is 1. The van der Waals surface area contributed by atoms with Crippen LogP contribution in [0.1, 0.15) is 6.23 Å². The van der Waals surface area contributed by atoms with Gasteiger partial charge in [0.15, 0.2) is 6.23 Å². The molecule has 1 aromatic rings. The number of nitrogens with zero attached hydrogens (tertiary/aromatic N) is 4. The van der Waals surface area contributed by atoms with Gasteiger partial charge in [-0.1, -0.05) is 0 Å². The van der Waals surface area contributed by atoms with Crippen molar-refractivity contribution >= 4 is 13.6 Å². The lowest BCUT2D eigenvalue weighted by molar-refractivity contribution is -0.870. The summed E-state index contributed by atoms with van der Waals surface area (Å²) in [6.07, 6.45) is -4.51. The van der Waals surface area contributed by atoms with Gasteiger partial charge in [-0.2, -0.15) is 4.98 Å². The Bertz CT molecular complexity index is 836. The van der Waals surface area contributed by atoms with Crippen molar-refractivity contribution in [3.63, 3.8) is 0 Å². The molecule has 1 aromatic heterocycles. The number of hydrogen-bond acceptors (Lipinski definition) is 12. The van der Waals surface area contributed by atoms with E-state index in [2.05, 4.69) is 51.8 Å². The second-order valence-electron chi connectivity index (χ2n) is 9.81. The smallest absolute Gasteiger partial charge is 0.351 e. The van der Waals surface area contributed by atoms with E-state index >= 15 is 0 Å². The summed E-state index contributed by atoms with van der Waals surface area (Å²) in [6, 6.07) is 1.27. The summed E-state index contributed by atoms with van der Waals surface area (Å²) >= 11 is 0. The Morgan fingerprint density at radius 1 is 1.09 bits per heavy atom. The summed E-state index contributed by atoms with van der Waals surface area (Å²) in [5.74, 6) is -0.0391. The van der Waals surface area contributed by atoms with Crippen LogP contribution in [0.5, 0.6) is 0 Å². The van der Waals surface area contributed by atoms with Crippen LogP contribution in [0.4, 0.5) is 5.82 Å². The van der Waals surface area contributed by atoms with E-state index < -0.39 is 44.7 Å². The number of aliphatic hydroxyl groups excluding tert-OH is 4.